The van der Waals surface area contributed by atoms with Crippen LogP contribution in [0.3, 0.4) is 0 Å². The number of hydrogen-bond donors (Lipinski definition) is 2. The van der Waals surface area contributed by atoms with E-state index in [1.807, 2.05) is 25.1 Å². The SMILES string of the molecule is CCOCCCNC(=O)C1=N[C@H](C)C(=O)N(c2ccccc2)N1. The number of carbonyl (C=O) groups is 2. The molecule has 7 heteroatoms. The number of amides is 2. The van der Waals surface area contributed by atoms with Gasteiger partial charge in [0.25, 0.3) is 11.8 Å². The van der Waals surface area contributed by atoms with Crippen molar-refractivity contribution in [3.63, 3.8) is 0 Å². The van der Waals surface area contributed by atoms with Crippen molar-refractivity contribution >= 4 is 23.3 Å². The van der Waals surface area contributed by atoms with Gasteiger partial charge < -0.3 is 10.1 Å². The molecule has 1 atom stereocenters. The zero-order chi connectivity index (χ0) is 16.7. The Labute approximate surface area is 135 Å². The third kappa shape index (κ3) is 4.53. The quantitative estimate of drug-likeness (QED) is 0.731. The molecule has 0 fully saturated rings. The summed E-state index contributed by atoms with van der Waals surface area (Å²) in [6, 6.07) is 8.49. The maximum absolute atomic E-state index is 12.2. The van der Waals surface area contributed by atoms with Crippen LogP contribution in [0.25, 0.3) is 0 Å². The number of hydrazine groups is 1. The molecule has 0 unspecified atom stereocenters. The van der Waals surface area contributed by atoms with Crippen LogP contribution in [0.15, 0.2) is 35.3 Å². The van der Waals surface area contributed by atoms with E-state index < -0.39 is 6.04 Å². The number of nitrogens with zero attached hydrogens (tertiary/aromatic N) is 2. The van der Waals surface area contributed by atoms with Crippen LogP contribution in [0.5, 0.6) is 0 Å². The van der Waals surface area contributed by atoms with Crippen molar-refractivity contribution in [2.24, 2.45) is 4.99 Å². The number of hydrogen-bond acceptors (Lipinski definition) is 5. The van der Waals surface area contributed by atoms with Crippen molar-refractivity contribution < 1.29 is 14.3 Å². The molecule has 124 valence electrons. The third-order valence-electron chi connectivity index (χ3n) is 3.30. The standard InChI is InChI=1S/C16H22N4O3/c1-3-23-11-7-10-17-15(21)14-18-12(2)16(22)20(19-14)13-8-5-4-6-9-13/h4-6,8-9,12H,3,7,10-11H2,1-2H3,(H,17,21)(H,18,19)/t12-/m1/s1. The Kier molecular flexibility index (Phi) is 6.10. The van der Waals surface area contributed by atoms with Crippen molar-refractivity contribution in [2.45, 2.75) is 26.3 Å². The minimum atomic E-state index is -0.611. The zero-order valence-electron chi connectivity index (χ0n) is 13.4. The van der Waals surface area contributed by atoms with Gasteiger partial charge in [-0.25, -0.2) is 10.0 Å². The molecule has 1 aliphatic rings. The van der Waals surface area contributed by atoms with E-state index >= 15 is 0 Å². The molecular formula is C16H22N4O3. The molecule has 0 bridgehead atoms. The average molecular weight is 318 g/mol. The van der Waals surface area contributed by atoms with Gasteiger partial charge in [0.15, 0.2) is 0 Å². The lowest BCUT2D eigenvalue weighted by Gasteiger charge is -2.30. The smallest absolute Gasteiger partial charge is 0.288 e. The van der Waals surface area contributed by atoms with E-state index in [9.17, 15) is 9.59 Å². The topological polar surface area (TPSA) is 83.0 Å². The zero-order valence-corrected chi connectivity index (χ0v) is 13.4. The monoisotopic (exact) mass is 318 g/mol. The Morgan fingerprint density at radius 2 is 2.13 bits per heavy atom. The van der Waals surface area contributed by atoms with Crippen molar-refractivity contribution in [1.82, 2.24) is 10.7 Å². The molecule has 0 aliphatic carbocycles. The first-order valence-corrected chi connectivity index (χ1v) is 7.73. The van der Waals surface area contributed by atoms with Gasteiger partial charge in [-0.05, 0) is 32.4 Å². The Hall–Kier alpha value is -2.41. The lowest BCUT2D eigenvalue weighted by molar-refractivity contribution is -0.120. The summed E-state index contributed by atoms with van der Waals surface area (Å²) in [5.41, 5.74) is 3.46. The predicted octanol–water partition coefficient (Wildman–Crippen LogP) is 0.868. The van der Waals surface area contributed by atoms with Crippen molar-refractivity contribution in [3.05, 3.63) is 30.3 Å². The fraction of sp³-hybridized carbons (Fsp3) is 0.438. The molecule has 1 heterocycles. The van der Waals surface area contributed by atoms with Gasteiger partial charge in [-0.2, -0.15) is 0 Å². The maximum Gasteiger partial charge on any atom is 0.288 e. The molecular weight excluding hydrogens is 296 g/mol. The van der Waals surface area contributed by atoms with Crippen LogP contribution in [0.1, 0.15) is 20.3 Å². The Balaban J connectivity index is 1.98. The number of rotatable bonds is 7. The number of amidine groups is 1. The number of carbonyl (C=O) groups excluding carboxylic acids is 2. The van der Waals surface area contributed by atoms with Crippen LogP contribution < -0.4 is 15.8 Å². The van der Waals surface area contributed by atoms with Crippen LogP contribution in [-0.4, -0.2) is 43.5 Å². The second-order valence-electron chi connectivity index (χ2n) is 5.08. The number of ether oxygens (including phenoxy) is 1. The largest absolute Gasteiger partial charge is 0.382 e. The maximum atomic E-state index is 12.2. The van der Waals surface area contributed by atoms with Crippen LogP contribution >= 0.6 is 0 Å². The highest BCUT2D eigenvalue weighted by Crippen LogP contribution is 2.15. The summed E-state index contributed by atoms with van der Waals surface area (Å²) < 4.78 is 5.22. The summed E-state index contributed by atoms with van der Waals surface area (Å²) in [4.78, 5) is 28.5. The normalized spacial score (nSPS) is 17.5. The molecule has 2 rings (SSSR count). The fourth-order valence-corrected chi connectivity index (χ4v) is 2.11. The molecule has 0 saturated carbocycles. The van der Waals surface area contributed by atoms with Gasteiger partial charge in [-0.15, -0.1) is 0 Å². The molecule has 0 saturated heterocycles. The van der Waals surface area contributed by atoms with Gasteiger partial charge in [0.05, 0.1) is 5.69 Å². The summed E-state index contributed by atoms with van der Waals surface area (Å²) in [6.07, 6.45) is 0.726. The lowest BCUT2D eigenvalue weighted by Crippen LogP contribution is -2.58. The lowest BCUT2D eigenvalue weighted by atomic mass is 10.2. The molecule has 0 spiro atoms. The van der Waals surface area contributed by atoms with E-state index in [4.69, 9.17) is 4.74 Å². The van der Waals surface area contributed by atoms with Crippen molar-refractivity contribution in [2.75, 3.05) is 24.8 Å². The first-order valence-electron chi connectivity index (χ1n) is 7.73. The Morgan fingerprint density at radius 1 is 1.39 bits per heavy atom. The van der Waals surface area contributed by atoms with E-state index in [2.05, 4.69) is 15.7 Å². The van der Waals surface area contributed by atoms with E-state index in [1.54, 1.807) is 19.1 Å². The number of para-hydroxylation sites is 1. The molecule has 1 aromatic rings. The van der Waals surface area contributed by atoms with Gasteiger partial charge >= 0.3 is 0 Å². The minimum absolute atomic E-state index is 0.136. The second-order valence-corrected chi connectivity index (χ2v) is 5.08. The van der Waals surface area contributed by atoms with Gasteiger partial charge in [-0.1, -0.05) is 18.2 Å². The van der Waals surface area contributed by atoms with Crippen LogP contribution in [0.2, 0.25) is 0 Å². The highest BCUT2D eigenvalue weighted by molar-refractivity contribution is 6.39. The third-order valence-corrected chi connectivity index (χ3v) is 3.30. The highest BCUT2D eigenvalue weighted by atomic mass is 16.5. The molecule has 2 amide bonds. The summed E-state index contributed by atoms with van der Waals surface area (Å²) in [6.45, 7) is 5.35. The second kappa shape index (κ2) is 8.28. The van der Waals surface area contributed by atoms with E-state index in [1.165, 1.54) is 5.01 Å². The predicted molar refractivity (Wildman–Crippen MR) is 88.1 cm³/mol. The summed E-state index contributed by atoms with van der Waals surface area (Å²) in [5, 5.41) is 4.12. The van der Waals surface area contributed by atoms with Gasteiger partial charge in [0.2, 0.25) is 5.84 Å². The summed E-state index contributed by atoms with van der Waals surface area (Å²) >= 11 is 0. The Bertz CT molecular complexity index is 574. The minimum Gasteiger partial charge on any atom is -0.382 e. The van der Waals surface area contributed by atoms with Crippen molar-refractivity contribution in [1.29, 1.82) is 0 Å². The van der Waals surface area contributed by atoms with E-state index in [0.717, 1.165) is 6.42 Å². The average Bonchev–Trinajstić information content (AvgIpc) is 2.57. The number of benzene rings is 1. The van der Waals surface area contributed by atoms with Gasteiger partial charge in [0, 0.05) is 19.8 Å². The number of nitrogens with one attached hydrogen (secondary N) is 2. The molecule has 23 heavy (non-hydrogen) atoms. The van der Waals surface area contributed by atoms with Crippen LogP contribution in [0.4, 0.5) is 5.69 Å². The van der Waals surface area contributed by atoms with Crippen LogP contribution in [0, 0.1) is 0 Å². The molecule has 7 nitrogen and oxygen atoms in total. The van der Waals surface area contributed by atoms with Crippen LogP contribution in [-0.2, 0) is 14.3 Å². The first kappa shape index (κ1) is 17.0. The molecule has 0 radical (unpaired) electrons. The summed E-state index contributed by atoms with van der Waals surface area (Å²) in [5.74, 6) is -0.400. The fourth-order valence-electron chi connectivity index (χ4n) is 2.11. The molecule has 1 aromatic carbocycles. The molecule has 2 N–H and O–H groups in total. The summed E-state index contributed by atoms with van der Waals surface area (Å²) in [7, 11) is 0. The highest BCUT2D eigenvalue weighted by Gasteiger charge is 2.30. The van der Waals surface area contributed by atoms with Gasteiger partial charge in [-0.3, -0.25) is 15.0 Å². The Morgan fingerprint density at radius 3 is 2.83 bits per heavy atom. The number of aliphatic imine (C=N–C) groups is 1. The first-order chi connectivity index (χ1) is 11.1. The molecule has 1 aliphatic heterocycles. The number of anilines is 1. The van der Waals surface area contributed by atoms with Gasteiger partial charge in [0.1, 0.15) is 6.04 Å². The van der Waals surface area contributed by atoms with E-state index in [0.29, 0.717) is 25.4 Å². The molecule has 0 aromatic heterocycles. The van der Waals surface area contributed by atoms with Crippen molar-refractivity contribution in [3.8, 4) is 0 Å². The van der Waals surface area contributed by atoms with E-state index in [-0.39, 0.29) is 17.6 Å².